The average Bonchev–Trinajstić information content (AvgIpc) is 2.70. The first-order valence-corrected chi connectivity index (χ1v) is 9.29. The minimum atomic E-state index is -0.146. The molecule has 0 aliphatic rings. The van der Waals surface area contributed by atoms with E-state index in [1.807, 2.05) is 54.0 Å². The first kappa shape index (κ1) is 19.8. The summed E-state index contributed by atoms with van der Waals surface area (Å²) in [7, 11) is 1.63. The number of rotatable bonds is 8. The summed E-state index contributed by atoms with van der Waals surface area (Å²) < 4.78 is 18.6. The predicted octanol–water partition coefficient (Wildman–Crippen LogP) is 4.48. The van der Waals surface area contributed by atoms with Crippen LogP contribution in [-0.2, 0) is 13.2 Å². The van der Waals surface area contributed by atoms with Gasteiger partial charge in [-0.15, -0.1) is 0 Å². The fourth-order valence-corrected chi connectivity index (χ4v) is 3.00. The number of hydrogen-bond donors (Lipinski definition) is 0. The molecular weight excluding hydrogens is 378 g/mol. The zero-order valence-corrected chi connectivity index (χ0v) is 16.6. The highest BCUT2D eigenvalue weighted by Gasteiger charge is 2.09. The van der Waals surface area contributed by atoms with Crippen LogP contribution in [0.15, 0.2) is 65.6 Å². The molecule has 0 atom stereocenters. The van der Waals surface area contributed by atoms with Crippen molar-refractivity contribution in [3.8, 4) is 17.2 Å². The van der Waals surface area contributed by atoms with Crippen LogP contribution in [0.4, 0.5) is 0 Å². The maximum atomic E-state index is 12.2. The summed E-state index contributed by atoms with van der Waals surface area (Å²) in [6.07, 6.45) is 1.75. The van der Waals surface area contributed by atoms with Crippen molar-refractivity contribution in [1.82, 2.24) is 4.57 Å². The van der Waals surface area contributed by atoms with Crippen LogP contribution in [0.25, 0.3) is 0 Å². The molecule has 3 aromatic rings. The van der Waals surface area contributed by atoms with E-state index in [9.17, 15) is 4.79 Å². The summed E-state index contributed by atoms with van der Waals surface area (Å²) >= 11 is 6.00. The molecule has 0 aliphatic carbocycles. The lowest BCUT2D eigenvalue weighted by Crippen LogP contribution is -2.17. The molecule has 0 radical (unpaired) electrons. The van der Waals surface area contributed by atoms with Crippen LogP contribution in [0.2, 0.25) is 5.02 Å². The van der Waals surface area contributed by atoms with Crippen molar-refractivity contribution in [2.75, 3.05) is 13.7 Å². The molecule has 0 N–H and O–H groups in total. The van der Waals surface area contributed by atoms with E-state index in [1.165, 1.54) is 6.07 Å². The molecular formula is C22H22ClNO4. The van der Waals surface area contributed by atoms with E-state index in [-0.39, 0.29) is 12.0 Å². The molecule has 1 heterocycles. The highest BCUT2D eigenvalue weighted by atomic mass is 35.5. The Hall–Kier alpha value is -2.92. The number of pyridine rings is 1. The summed E-state index contributed by atoms with van der Waals surface area (Å²) in [5.74, 6) is 1.88. The summed E-state index contributed by atoms with van der Waals surface area (Å²) in [5.41, 5.74) is 1.52. The fourth-order valence-electron chi connectivity index (χ4n) is 2.79. The van der Waals surface area contributed by atoms with Crippen molar-refractivity contribution in [1.29, 1.82) is 0 Å². The van der Waals surface area contributed by atoms with Crippen LogP contribution < -0.4 is 19.6 Å². The molecule has 2 aromatic carbocycles. The summed E-state index contributed by atoms with van der Waals surface area (Å²) in [6.45, 7) is 3.19. The lowest BCUT2D eigenvalue weighted by atomic mass is 10.2. The lowest BCUT2D eigenvalue weighted by molar-refractivity contribution is 0.283. The molecule has 5 nitrogen and oxygen atoms in total. The van der Waals surface area contributed by atoms with Crippen LogP contribution in [0.1, 0.15) is 11.3 Å². The van der Waals surface area contributed by atoms with Crippen molar-refractivity contribution >= 4 is 11.6 Å². The van der Waals surface area contributed by atoms with Crippen molar-refractivity contribution < 1.29 is 14.2 Å². The number of ether oxygens (including phenoxy) is 3. The largest absolute Gasteiger partial charge is 0.497 e. The van der Waals surface area contributed by atoms with E-state index in [0.717, 1.165) is 22.8 Å². The Morgan fingerprint density at radius 2 is 1.75 bits per heavy atom. The average molecular weight is 400 g/mol. The van der Waals surface area contributed by atoms with Gasteiger partial charge in [0.15, 0.2) is 5.75 Å². The van der Waals surface area contributed by atoms with E-state index in [4.69, 9.17) is 25.8 Å². The molecule has 0 fully saturated rings. The van der Waals surface area contributed by atoms with Gasteiger partial charge in [-0.1, -0.05) is 23.7 Å². The quantitative estimate of drug-likeness (QED) is 0.560. The Labute approximate surface area is 169 Å². The van der Waals surface area contributed by atoms with Gasteiger partial charge in [0.25, 0.3) is 0 Å². The standard InChI is InChI=1S/C22H22ClNO4/c1-16-22(28-15-17-4-3-5-18(23)14-17)21(25)10-11-24(16)12-13-27-20-8-6-19(26-2)7-9-20/h3-11,14H,12-13,15H2,1-2H3. The second kappa shape index (κ2) is 9.33. The second-order valence-corrected chi connectivity index (χ2v) is 6.67. The first-order chi connectivity index (χ1) is 13.6. The van der Waals surface area contributed by atoms with E-state index in [0.29, 0.717) is 23.9 Å². The van der Waals surface area contributed by atoms with Gasteiger partial charge in [-0.3, -0.25) is 4.79 Å². The first-order valence-electron chi connectivity index (χ1n) is 8.91. The Balaban J connectivity index is 1.63. The van der Waals surface area contributed by atoms with Gasteiger partial charge in [-0.05, 0) is 48.9 Å². The third kappa shape index (κ3) is 5.08. The molecule has 0 saturated heterocycles. The van der Waals surface area contributed by atoms with Crippen molar-refractivity contribution in [3.05, 3.63) is 87.3 Å². The number of hydrogen-bond acceptors (Lipinski definition) is 4. The monoisotopic (exact) mass is 399 g/mol. The molecule has 3 rings (SSSR count). The predicted molar refractivity (Wildman–Crippen MR) is 110 cm³/mol. The minimum absolute atomic E-state index is 0.146. The fraction of sp³-hybridized carbons (Fsp3) is 0.227. The molecule has 0 bridgehead atoms. The van der Waals surface area contributed by atoms with Crippen molar-refractivity contribution in [2.24, 2.45) is 0 Å². The van der Waals surface area contributed by atoms with Gasteiger partial charge >= 0.3 is 0 Å². The van der Waals surface area contributed by atoms with Gasteiger partial charge in [-0.2, -0.15) is 0 Å². The Bertz CT molecular complexity index is 983. The number of aromatic nitrogens is 1. The lowest BCUT2D eigenvalue weighted by Gasteiger charge is -2.15. The molecule has 0 spiro atoms. The molecule has 0 aliphatic heterocycles. The summed E-state index contributed by atoms with van der Waals surface area (Å²) in [5, 5.41) is 0.638. The van der Waals surface area contributed by atoms with Crippen LogP contribution in [0, 0.1) is 6.92 Å². The van der Waals surface area contributed by atoms with Gasteiger partial charge in [-0.25, -0.2) is 0 Å². The van der Waals surface area contributed by atoms with Crippen molar-refractivity contribution in [2.45, 2.75) is 20.1 Å². The van der Waals surface area contributed by atoms with Gasteiger partial charge in [0, 0.05) is 17.3 Å². The molecule has 0 saturated carbocycles. The number of halogens is 1. The van der Waals surface area contributed by atoms with Crippen molar-refractivity contribution in [3.63, 3.8) is 0 Å². The highest BCUT2D eigenvalue weighted by Crippen LogP contribution is 2.18. The molecule has 0 amide bonds. The van der Waals surface area contributed by atoms with Gasteiger partial charge in [0.1, 0.15) is 24.7 Å². The number of nitrogens with zero attached hydrogens (tertiary/aromatic N) is 1. The van der Waals surface area contributed by atoms with Crippen LogP contribution in [-0.4, -0.2) is 18.3 Å². The molecule has 28 heavy (non-hydrogen) atoms. The zero-order valence-electron chi connectivity index (χ0n) is 15.9. The third-order valence-corrected chi connectivity index (χ3v) is 4.56. The van der Waals surface area contributed by atoms with E-state index >= 15 is 0 Å². The van der Waals surface area contributed by atoms with Crippen LogP contribution in [0.3, 0.4) is 0 Å². The smallest absolute Gasteiger partial charge is 0.223 e. The van der Waals surface area contributed by atoms with Gasteiger partial charge in [0.2, 0.25) is 5.43 Å². The van der Waals surface area contributed by atoms with Crippen LogP contribution in [0.5, 0.6) is 17.2 Å². The Morgan fingerprint density at radius 1 is 1.00 bits per heavy atom. The molecule has 146 valence electrons. The molecule has 1 aromatic heterocycles. The number of methoxy groups -OCH3 is 1. The van der Waals surface area contributed by atoms with E-state index < -0.39 is 0 Å². The maximum Gasteiger partial charge on any atom is 0.223 e. The zero-order chi connectivity index (χ0) is 19.9. The topological polar surface area (TPSA) is 49.7 Å². The highest BCUT2D eigenvalue weighted by molar-refractivity contribution is 6.30. The van der Waals surface area contributed by atoms with Gasteiger partial charge in [0.05, 0.1) is 19.3 Å². The molecule has 0 unspecified atom stereocenters. The van der Waals surface area contributed by atoms with E-state index in [1.54, 1.807) is 19.4 Å². The third-order valence-electron chi connectivity index (χ3n) is 4.32. The Kier molecular flexibility index (Phi) is 6.61. The van der Waals surface area contributed by atoms with E-state index in [2.05, 4.69) is 0 Å². The maximum absolute atomic E-state index is 12.2. The SMILES string of the molecule is COc1ccc(OCCn2ccc(=O)c(OCc3cccc(Cl)c3)c2C)cc1. The second-order valence-electron chi connectivity index (χ2n) is 6.23. The van der Waals surface area contributed by atoms with Crippen LogP contribution >= 0.6 is 11.6 Å². The summed E-state index contributed by atoms with van der Waals surface area (Å²) in [6, 6.07) is 16.3. The summed E-state index contributed by atoms with van der Waals surface area (Å²) in [4.78, 5) is 12.2. The Morgan fingerprint density at radius 3 is 2.46 bits per heavy atom. The molecule has 6 heteroatoms. The minimum Gasteiger partial charge on any atom is -0.497 e. The number of benzene rings is 2. The normalized spacial score (nSPS) is 10.5. The van der Waals surface area contributed by atoms with Gasteiger partial charge < -0.3 is 18.8 Å².